The fraction of sp³-hybridized carbons (Fsp3) is 0.387. The number of ether oxygens (including phenoxy) is 2. The van der Waals surface area contributed by atoms with Crippen LogP contribution in [0.3, 0.4) is 0 Å². The highest BCUT2D eigenvalue weighted by Crippen LogP contribution is 2.39. The molecule has 0 aliphatic carbocycles. The number of nitrogens with zero attached hydrogens (tertiary/aromatic N) is 2. The number of allylic oxidation sites excluding steroid dienone is 2. The van der Waals surface area contributed by atoms with E-state index >= 15 is 0 Å². The molecule has 43 heavy (non-hydrogen) atoms. The maximum atomic E-state index is 13.4. The normalized spacial score (nSPS) is 15.3. The summed E-state index contributed by atoms with van der Waals surface area (Å²) in [6.07, 6.45) is 1.59. The number of esters is 1. The van der Waals surface area contributed by atoms with Crippen LogP contribution < -0.4 is 20.7 Å². The Balaban J connectivity index is 1.49. The number of aliphatic hydroxyl groups excluding tert-OH is 1. The van der Waals surface area contributed by atoms with E-state index in [-0.39, 0.29) is 23.8 Å². The molecule has 2 aromatic carbocycles. The first-order valence-corrected chi connectivity index (χ1v) is 14.0. The number of hydrogen-bond acceptors (Lipinski definition) is 10. The molecule has 3 rings (SSSR count). The first-order valence-electron chi connectivity index (χ1n) is 14.0. The summed E-state index contributed by atoms with van der Waals surface area (Å²) in [6.45, 7) is 4.87. The monoisotopic (exact) mass is 591 g/mol. The summed E-state index contributed by atoms with van der Waals surface area (Å²) in [6, 6.07) is 14.8. The smallest absolute Gasteiger partial charge is 0.336 e. The molecule has 2 aromatic rings. The van der Waals surface area contributed by atoms with E-state index in [1.807, 2.05) is 0 Å². The molecule has 2 unspecified atom stereocenters. The molecular weight excluding hydrogens is 554 g/mol. The Kier molecular flexibility index (Phi) is 12.2. The number of methoxy groups -OCH3 is 1. The summed E-state index contributed by atoms with van der Waals surface area (Å²) in [7, 11) is 1.25. The van der Waals surface area contributed by atoms with Crippen LogP contribution in [-0.4, -0.2) is 61.4 Å². The standard InChI is InChI=1S/C31H37N5O7/c1-20-27(29(28(21(2)35-20)31(39)42-3)22-11-9-12-24(16-22)36(40)41)30(38)34-15-8-4-7-14-33-18-25(37)19-43-26-13-6-5-10-23(26)17-32/h5-6,9-13,16,25,29,33,35,37H,4,7-8,14-15,18-19H2,1-3H3,(H,34,38). The van der Waals surface area contributed by atoms with E-state index in [0.29, 0.717) is 59.9 Å². The van der Waals surface area contributed by atoms with Crippen molar-refractivity contribution in [2.75, 3.05) is 33.4 Å². The summed E-state index contributed by atoms with van der Waals surface area (Å²) in [5, 5.41) is 39.9. The van der Waals surface area contributed by atoms with E-state index in [1.165, 1.54) is 25.3 Å². The molecule has 1 heterocycles. The number of non-ortho nitro benzene ring substituents is 1. The Morgan fingerprint density at radius 2 is 1.81 bits per heavy atom. The van der Waals surface area contributed by atoms with Crippen molar-refractivity contribution in [2.45, 2.75) is 45.1 Å². The van der Waals surface area contributed by atoms with Crippen molar-refractivity contribution in [1.29, 1.82) is 5.26 Å². The van der Waals surface area contributed by atoms with Gasteiger partial charge in [0.25, 0.3) is 5.69 Å². The number of hydrogen-bond donors (Lipinski definition) is 4. The van der Waals surface area contributed by atoms with Crippen LogP contribution >= 0.6 is 0 Å². The lowest BCUT2D eigenvalue weighted by molar-refractivity contribution is -0.384. The van der Waals surface area contributed by atoms with E-state index in [9.17, 15) is 24.8 Å². The molecule has 228 valence electrons. The number of unbranched alkanes of at least 4 members (excludes halogenated alkanes) is 2. The van der Waals surface area contributed by atoms with Gasteiger partial charge < -0.3 is 30.5 Å². The third kappa shape index (κ3) is 8.88. The highest BCUT2D eigenvalue weighted by molar-refractivity contribution is 6.02. The lowest BCUT2D eigenvalue weighted by atomic mass is 9.80. The Morgan fingerprint density at radius 1 is 1.09 bits per heavy atom. The zero-order valence-corrected chi connectivity index (χ0v) is 24.5. The van der Waals surface area contributed by atoms with Crippen molar-refractivity contribution in [3.63, 3.8) is 0 Å². The van der Waals surface area contributed by atoms with Crippen molar-refractivity contribution >= 4 is 17.6 Å². The predicted molar refractivity (Wildman–Crippen MR) is 159 cm³/mol. The Morgan fingerprint density at radius 3 is 2.53 bits per heavy atom. The van der Waals surface area contributed by atoms with Gasteiger partial charge in [-0.3, -0.25) is 14.9 Å². The van der Waals surface area contributed by atoms with Crippen LogP contribution in [0.1, 0.15) is 50.2 Å². The van der Waals surface area contributed by atoms with Crippen molar-refractivity contribution in [3.8, 4) is 11.8 Å². The number of benzene rings is 2. The number of nitriles is 1. The highest BCUT2D eigenvalue weighted by atomic mass is 16.6. The first-order chi connectivity index (χ1) is 20.7. The van der Waals surface area contributed by atoms with Gasteiger partial charge in [-0.25, -0.2) is 4.79 Å². The third-order valence-corrected chi connectivity index (χ3v) is 6.96. The number of amides is 1. The van der Waals surface area contributed by atoms with Gasteiger partial charge in [-0.2, -0.15) is 5.26 Å². The Bertz CT molecular complexity index is 1430. The second kappa shape index (κ2) is 16.1. The number of nitrogens with one attached hydrogen (secondary N) is 3. The second-order valence-electron chi connectivity index (χ2n) is 10.1. The molecule has 12 heteroatoms. The SMILES string of the molecule is COC(=O)C1=C(C)NC(C)=C(C(=O)NCCCCCNCC(O)COc2ccccc2C#N)C1c1cccc([N+](=O)[O-])c1. The molecule has 0 radical (unpaired) electrons. The lowest BCUT2D eigenvalue weighted by Gasteiger charge is -2.30. The number of aliphatic hydroxyl groups is 1. The lowest BCUT2D eigenvalue weighted by Crippen LogP contribution is -2.36. The summed E-state index contributed by atoms with van der Waals surface area (Å²) < 4.78 is 10.5. The van der Waals surface area contributed by atoms with Gasteiger partial charge in [0.05, 0.1) is 29.1 Å². The minimum Gasteiger partial charge on any atom is -0.489 e. The molecule has 12 nitrogen and oxygen atoms in total. The molecule has 2 atom stereocenters. The van der Waals surface area contributed by atoms with Gasteiger partial charge in [0.15, 0.2) is 0 Å². The molecule has 0 fully saturated rings. The number of nitro groups is 1. The fourth-order valence-corrected chi connectivity index (χ4v) is 4.87. The first kappa shape index (κ1) is 32.8. The summed E-state index contributed by atoms with van der Waals surface area (Å²) in [4.78, 5) is 37.1. The molecule has 1 aliphatic rings. The summed E-state index contributed by atoms with van der Waals surface area (Å²) in [5.74, 6) is -1.42. The number of rotatable bonds is 15. The maximum Gasteiger partial charge on any atom is 0.336 e. The maximum absolute atomic E-state index is 13.4. The number of carbonyl (C=O) groups is 2. The predicted octanol–water partition coefficient (Wildman–Crippen LogP) is 3.19. The molecular formula is C31H37N5O7. The summed E-state index contributed by atoms with van der Waals surface area (Å²) in [5.41, 5.74) is 2.27. The molecule has 4 N–H and O–H groups in total. The zero-order chi connectivity index (χ0) is 31.4. The van der Waals surface area contributed by atoms with Gasteiger partial charge >= 0.3 is 5.97 Å². The molecule has 1 amide bonds. The van der Waals surface area contributed by atoms with Crippen LogP contribution in [0, 0.1) is 21.4 Å². The van der Waals surface area contributed by atoms with Gasteiger partial charge in [0.2, 0.25) is 5.91 Å². The van der Waals surface area contributed by atoms with Gasteiger partial charge in [0.1, 0.15) is 24.5 Å². The number of dihydropyridines is 1. The number of carbonyl (C=O) groups excluding carboxylic acids is 2. The zero-order valence-electron chi connectivity index (χ0n) is 24.5. The second-order valence-corrected chi connectivity index (χ2v) is 10.1. The van der Waals surface area contributed by atoms with Crippen molar-refractivity contribution in [2.24, 2.45) is 0 Å². The molecule has 0 saturated heterocycles. The Hall–Kier alpha value is -4.73. The van der Waals surface area contributed by atoms with Crippen molar-refractivity contribution < 1.29 is 29.1 Å². The fourth-order valence-electron chi connectivity index (χ4n) is 4.87. The average molecular weight is 592 g/mol. The number of para-hydroxylation sites is 1. The largest absolute Gasteiger partial charge is 0.489 e. The van der Waals surface area contributed by atoms with Gasteiger partial charge in [-0.15, -0.1) is 0 Å². The van der Waals surface area contributed by atoms with Crippen LogP contribution in [0.15, 0.2) is 71.1 Å². The van der Waals surface area contributed by atoms with E-state index < -0.39 is 22.9 Å². The van der Waals surface area contributed by atoms with Gasteiger partial charge in [-0.05, 0) is 50.9 Å². The highest BCUT2D eigenvalue weighted by Gasteiger charge is 2.37. The van der Waals surface area contributed by atoms with Crippen LogP contribution in [0.25, 0.3) is 0 Å². The minimum atomic E-state index is -0.846. The molecule has 0 aromatic heterocycles. The van der Waals surface area contributed by atoms with Crippen molar-refractivity contribution in [3.05, 3.63) is 92.3 Å². The molecule has 1 aliphatic heterocycles. The van der Waals surface area contributed by atoms with E-state index in [2.05, 4.69) is 22.0 Å². The van der Waals surface area contributed by atoms with Crippen LogP contribution in [0.5, 0.6) is 5.75 Å². The van der Waals surface area contributed by atoms with Crippen LogP contribution in [0.4, 0.5) is 5.69 Å². The van der Waals surface area contributed by atoms with E-state index in [0.717, 1.165) is 12.8 Å². The number of nitro benzene ring substituents is 1. The molecule has 0 saturated carbocycles. The summed E-state index contributed by atoms with van der Waals surface area (Å²) >= 11 is 0. The minimum absolute atomic E-state index is 0.0611. The van der Waals surface area contributed by atoms with E-state index in [1.54, 1.807) is 44.2 Å². The Labute approximate surface area is 250 Å². The van der Waals surface area contributed by atoms with E-state index in [4.69, 9.17) is 14.7 Å². The molecule has 0 bridgehead atoms. The van der Waals surface area contributed by atoms with Gasteiger partial charge in [-0.1, -0.05) is 30.7 Å². The van der Waals surface area contributed by atoms with Crippen molar-refractivity contribution in [1.82, 2.24) is 16.0 Å². The quantitative estimate of drug-likeness (QED) is 0.104. The van der Waals surface area contributed by atoms with Crippen LogP contribution in [0.2, 0.25) is 0 Å². The molecule has 0 spiro atoms. The topological polar surface area (TPSA) is 176 Å². The third-order valence-electron chi connectivity index (χ3n) is 6.96. The van der Waals surface area contributed by atoms with Crippen LogP contribution in [-0.2, 0) is 14.3 Å². The average Bonchev–Trinajstić information content (AvgIpc) is 3.00. The van der Waals surface area contributed by atoms with Gasteiger partial charge in [0, 0.05) is 42.2 Å².